The molecule has 3 aromatic heterocycles. The van der Waals surface area contributed by atoms with Crippen LogP contribution in [-0.4, -0.2) is 25.8 Å². The summed E-state index contributed by atoms with van der Waals surface area (Å²) in [7, 11) is 1.81. The second-order valence-electron chi connectivity index (χ2n) is 6.87. The number of benzene rings is 2. The van der Waals surface area contributed by atoms with Gasteiger partial charge in [-0.25, -0.2) is 4.39 Å². The van der Waals surface area contributed by atoms with Gasteiger partial charge in [0.1, 0.15) is 5.82 Å². The number of nitrogens with one attached hydrogen (secondary N) is 1. The molecule has 5 rings (SSSR count). The van der Waals surface area contributed by atoms with E-state index in [0.717, 1.165) is 20.7 Å². The third kappa shape index (κ3) is 3.71. The fraction of sp³-hybridized carbons (Fsp3) is 0.0909. The zero-order valence-electron chi connectivity index (χ0n) is 16.4. The highest BCUT2D eigenvalue weighted by atomic mass is 32.1. The van der Waals surface area contributed by atoms with Crippen LogP contribution < -0.4 is 5.32 Å². The predicted molar refractivity (Wildman–Crippen MR) is 115 cm³/mol. The molecule has 5 aromatic rings. The van der Waals surface area contributed by atoms with Crippen molar-refractivity contribution in [1.82, 2.24) is 25.2 Å². The fourth-order valence-corrected chi connectivity index (χ4v) is 4.13. The van der Waals surface area contributed by atoms with Crippen LogP contribution in [0.5, 0.6) is 0 Å². The number of nitrogens with zero attached hydrogens (tertiary/aromatic N) is 4. The van der Waals surface area contributed by atoms with Crippen LogP contribution in [0.3, 0.4) is 0 Å². The van der Waals surface area contributed by atoms with Crippen LogP contribution in [0.4, 0.5) is 4.39 Å². The highest BCUT2D eigenvalue weighted by Gasteiger charge is 2.17. The Kier molecular flexibility index (Phi) is 4.79. The molecule has 1 N–H and O–H groups in total. The number of carbonyl (C=O) groups is 1. The molecule has 0 radical (unpaired) electrons. The van der Waals surface area contributed by atoms with Crippen LogP contribution in [0.25, 0.3) is 33.1 Å². The lowest BCUT2D eigenvalue weighted by Crippen LogP contribution is -2.23. The normalized spacial score (nSPS) is 11.2. The monoisotopic (exact) mass is 433 g/mol. The Morgan fingerprint density at radius 1 is 1.13 bits per heavy atom. The number of carbonyl (C=O) groups excluding carboxylic acids is 1. The first-order valence-electron chi connectivity index (χ1n) is 9.47. The highest BCUT2D eigenvalue weighted by Crippen LogP contribution is 2.29. The van der Waals surface area contributed by atoms with Crippen molar-refractivity contribution in [3.05, 3.63) is 77.1 Å². The fourth-order valence-electron chi connectivity index (χ4n) is 3.26. The van der Waals surface area contributed by atoms with Gasteiger partial charge in [-0.3, -0.25) is 9.48 Å². The number of aromatic nitrogens is 4. The Hall–Kier alpha value is -3.85. The molecule has 0 unspecified atom stereocenters. The second-order valence-corrected chi connectivity index (χ2v) is 8.04. The van der Waals surface area contributed by atoms with E-state index >= 15 is 0 Å². The van der Waals surface area contributed by atoms with Gasteiger partial charge in [-0.2, -0.15) is 10.1 Å². The number of para-hydroxylation sites is 1. The summed E-state index contributed by atoms with van der Waals surface area (Å²) < 4.78 is 20.1. The quantitative estimate of drug-likeness (QED) is 0.443. The Morgan fingerprint density at radius 2 is 1.94 bits per heavy atom. The highest BCUT2D eigenvalue weighted by molar-refractivity contribution is 7.15. The minimum Gasteiger partial charge on any atom is -0.346 e. The molecule has 0 aliphatic heterocycles. The lowest BCUT2D eigenvalue weighted by atomic mass is 10.2. The van der Waals surface area contributed by atoms with Crippen molar-refractivity contribution in [2.45, 2.75) is 6.54 Å². The predicted octanol–water partition coefficient (Wildman–Crippen LogP) is 4.42. The second kappa shape index (κ2) is 7.77. The third-order valence-electron chi connectivity index (χ3n) is 4.80. The van der Waals surface area contributed by atoms with E-state index in [1.54, 1.807) is 16.8 Å². The standard InChI is InChI=1S/C22H16FN5O2S/c1-28-17-5-3-2-4-16(17)19(26-28)21(29)24-12-15-10-11-18(31-15)22-25-20(27-30-22)13-6-8-14(23)9-7-13/h2-11H,12H2,1H3,(H,24,29). The summed E-state index contributed by atoms with van der Waals surface area (Å²) in [5.41, 5.74) is 1.97. The molecule has 154 valence electrons. The first-order valence-corrected chi connectivity index (χ1v) is 10.3. The molecule has 0 spiro atoms. The van der Waals surface area contributed by atoms with Crippen LogP contribution in [0.1, 0.15) is 15.4 Å². The first kappa shape index (κ1) is 19.1. The van der Waals surface area contributed by atoms with Crippen LogP contribution in [-0.2, 0) is 13.6 Å². The number of thiophene rings is 1. The summed E-state index contributed by atoms with van der Waals surface area (Å²) >= 11 is 1.45. The lowest BCUT2D eigenvalue weighted by molar-refractivity contribution is 0.0947. The van der Waals surface area contributed by atoms with Crippen molar-refractivity contribution < 1.29 is 13.7 Å². The first-order chi connectivity index (χ1) is 15.1. The molecule has 0 atom stereocenters. The Labute approximate surface area is 180 Å². The largest absolute Gasteiger partial charge is 0.346 e. The molecule has 31 heavy (non-hydrogen) atoms. The van der Waals surface area contributed by atoms with Crippen molar-refractivity contribution in [2.75, 3.05) is 0 Å². The minimum absolute atomic E-state index is 0.233. The van der Waals surface area contributed by atoms with Crippen molar-refractivity contribution >= 4 is 28.1 Å². The van der Waals surface area contributed by atoms with Crippen molar-refractivity contribution in [3.8, 4) is 22.2 Å². The average molecular weight is 433 g/mol. The van der Waals surface area contributed by atoms with Gasteiger partial charge in [0, 0.05) is 22.9 Å². The van der Waals surface area contributed by atoms with Crippen LogP contribution >= 0.6 is 11.3 Å². The molecule has 3 heterocycles. The number of fused-ring (bicyclic) bond motifs is 1. The van der Waals surface area contributed by atoms with Gasteiger partial charge in [0.25, 0.3) is 11.8 Å². The summed E-state index contributed by atoms with van der Waals surface area (Å²) in [6, 6.07) is 17.3. The van der Waals surface area contributed by atoms with E-state index in [9.17, 15) is 9.18 Å². The molecule has 7 nitrogen and oxygen atoms in total. The van der Waals surface area contributed by atoms with Crippen molar-refractivity contribution in [1.29, 1.82) is 0 Å². The molecule has 0 aliphatic carbocycles. The molecule has 9 heteroatoms. The molecular weight excluding hydrogens is 417 g/mol. The average Bonchev–Trinajstić information content (AvgIpc) is 3.52. The number of aryl methyl sites for hydroxylation is 1. The van der Waals surface area contributed by atoms with Crippen LogP contribution in [0, 0.1) is 5.82 Å². The van der Waals surface area contributed by atoms with E-state index in [4.69, 9.17) is 4.52 Å². The van der Waals surface area contributed by atoms with Gasteiger partial charge in [0.2, 0.25) is 5.82 Å². The van der Waals surface area contributed by atoms with Gasteiger partial charge in [0.15, 0.2) is 5.69 Å². The Bertz CT molecular complexity index is 1390. The van der Waals surface area contributed by atoms with Crippen LogP contribution in [0.15, 0.2) is 65.2 Å². The van der Waals surface area contributed by atoms with E-state index < -0.39 is 0 Å². The maximum atomic E-state index is 13.1. The van der Waals surface area contributed by atoms with Gasteiger partial charge in [-0.15, -0.1) is 11.3 Å². The number of halogens is 1. The van der Waals surface area contributed by atoms with Gasteiger partial charge >= 0.3 is 0 Å². The van der Waals surface area contributed by atoms with Crippen LogP contribution in [0.2, 0.25) is 0 Å². The van der Waals surface area contributed by atoms with Crippen molar-refractivity contribution in [3.63, 3.8) is 0 Å². The zero-order chi connectivity index (χ0) is 21.4. The topological polar surface area (TPSA) is 85.8 Å². The summed E-state index contributed by atoms with van der Waals surface area (Å²) in [6.07, 6.45) is 0. The molecule has 2 aromatic carbocycles. The van der Waals surface area contributed by atoms with E-state index in [2.05, 4.69) is 20.6 Å². The van der Waals surface area contributed by atoms with Gasteiger partial charge in [-0.1, -0.05) is 23.4 Å². The molecule has 0 saturated heterocycles. The summed E-state index contributed by atoms with van der Waals surface area (Å²) in [6.45, 7) is 0.355. The zero-order valence-corrected chi connectivity index (χ0v) is 17.2. The molecule has 0 bridgehead atoms. The Balaban J connectivity index is 1.29. The van der Waals surface area contributed by atoms with Gasteiger partial charge < -0.3 is 9.84 Å². The Morgan fingerprint density at radius 3 is 2.77 bits per heavy atom. The summed E-state index contributed by atoms with van der Waals surface area (Å²) in [5.74, 6) is 0.206. The molecule has 0 fully saturated rings. The third-order valence-corrected chi connectivity index (χ3v) is 5.87. The number of hydrogen-bond acceptors (Lipinski definition) is 6. The maximum absolute atomic E-state index is 13.1. The molecular formula is C22H16FN5O2S. The number of rotatable bonds is 5. The van der Waals surface area contributed by atoms with E-state index in [1.807, 2.05) is 43.4 Å². The summed E-state index contributed by atoms with van der Waals surface area (Å²) in [5, 5.41) is 12.0. The number of amides is 1. The maximum Gasteiger partial charge on any atom is 0.272 e. The molecule has 0 aliphatic rings. The molecule has 1 amide bonds. The SMILES string of the molecule is Cn1nc(C(=O)NCc2ccc(-c3nc(-c4ccc(F)cc4)no3)s2)c2ccccc21. The smallest absolute Gasteiger partial charge is 0.272 e. The molecule has 0 saturated carbocycles. The van der Waals surface area contributed by atoms with E-state index in [1.165, 1.54) is 23.5 Å². The van der Waals surface area contributed by atoms with E-state index in [-0.39, 0.29) is 11.7 Å². The van der Waals surface area contributed by atoms with Gasteiger partial charge in [0.05, 0.1) is 16.9 Å². The number of hydrogen-bond donors (Lipinski definition) is 1. The van der Waals surface area contributed by atoms with E-state index in [0.29, 0.717) is 29.5 Å². The van der Waals surface area contributed by atoms with Crippen molar-refractivity contribution in [2.24, 2.45) is 7.05 Å². The summed E-state index contributed by atoms with van der Waals surface area (Å²) in [4.78, 5) is 18.8. The minimum atomic E-state index is -0.323. The van der Waals surface area contributed by atoms with Gasteiger partial charge in [-0.05, 0) is 42.5 Å². The lowest BCUT2D eigenvalue weighted by Gasteiger charge is -2.01.